The first-order valence-electron chi connectivity index (χ1n) is 13.8. The van der Waals surface area contributed by atoms with E-state index in [4.69, 9.17) is 14.2 Å². The van der Waals surface area contributed by atoms with Crippen LogP contribution in [-0.4, -0.2) is 23.8 Å². The molecule has 0 aliphatic carbocycles. The lowest BCUT2D eigenvalue weighted by Gasteiger charge is -2.24. The zero-order valence-corrected chi connectivity index (χ0v) is 26.5. The van der Waals surface area contributed by atoms with Crippen molar-refractivity contribution in [3.63, 3.8) is 0 Å². The quantitative estimate of drug-likeness (QED) is 0.154. The number of aryl methyl sites for hydroxylation is 1. The molecule has 43 heavy (non-hydrogen) atoms. The molecule has 1 aliphatic rings. The highest BCUT2D eigenvalue weighted by atomic mass is 79.9. The van der Waals surface area contributed by atoms with Crippen molar-refractivity contribution in [3.05, 3.63) is 137 Å². The third-order valence-electron chi connectivity index (χ3n) is 6.85. The Bertz CT molecular complexity index is 1870. The Kier molecular flexibility index (Phi) is 9.43. The summed E-state index contributed by atoms with van der Waals surface area (Å²) in [4.78, 5) is 32.4. The van der Waals surface area contributed by atoms with E-state index >= 15 is 0 Å². The number of carbonyl (C=O) groups excluding carboxylic acids is 1. The topological polar surface area (TPSA) is 79.1 Å². The van der Waals surface area contributed by atoms with Gasteiger partial charge in [0.2, 0.25) is 0 Å². The third kappa shape index (κ3) is 6.73. The van der Waals surface area contributed by atoms with E-state index in [1.807, 2.05) is 79.7 Å². The largest absolute Gasteiger partial charge is 0.490 e. The maximum Gasteiger partial charge on any atom is 0.338 e. The first-order valence-corrected chi connectivity index (χ1v) is 15.4. The lowest BCUT2D eigenvalue weighted by Crippen LogP contribution is -2.39. The summed E-state index contributed by atoms with van der Waals surface area (Å²) in [5.74, 6) is 0.792. The lowest BCUT2D eigenvalue weighted by molar-refractivity contribution is -0.139. The Morgan fingerprint density at radius 2 is 1.81 bits per heavy atom. The van der Waals surface area contributed by atoms with Gasteiger partial charge < -0.3 is 14.2 Å². The fraction of sp³-hybridized carbons (Fsp3) is 0.206. The number of hydrogen-bond acceptors (Lipinski definition) is 7. The van der Waals surface area contributed by atoms with Crippen LogP contribution in [0.2, 0.25) is 0 Å². The molecule has 3 aromatic carbocycles. The van der Waals surface area contributed by atoms with Gasteiger partial charge in [0.25, 0.3) is 5.56 Å². The molecule has 2 heterocycles. The molecule has 7 nitrogen and oxygen atoms in total. The summed E-state index contributed by atoms with van der Waals surface area (Å²) in [5, 5.41) is 0. The molecule has 0 bridgehead atoms. The molecule has 0 saturated carbocycles. The summed E-state index contributed by atoms with van der Waals surface area (Å²) in [6, 6.07) is 20.5. The van der Waals surface area contributed by atoms with E-state index < -0.39 is 12.0 Å². The van der Waals surface area contributed by atoms with Crippen LogP contribution in [0.1, 0.15) is 42.1 Å². The normalized spacial score (nSPS) is 14.6. The maximum absolute atomic E-state index is 14.1. The summed E-state index contributed by atoms with van der Waals surface area (Å²) in [6.07, 6.45) is 3.48. The molecule has 0 amide bonds. The minimum Gasteiger partial charge on any atom is -0.490 e. The monoisotopic (exact) mass is 658 g/mol. The van der Waals surface area contributed by atoms with E-state index in [1.54, 1.807) is 24.5 Å². The van der Waals surface area contributed by atoms with Crippen LogP contribution in [0, 0.1) is 6.92 Å². The SMILES string of the molecule is C=CCOc1ccc([C@@H]2C(C(=O)OCC)=C(C)N=c3s/c(=C\c4cc(Br)ccc4OCc4ccc(C)cc4)c(=O)n32)cc1. The lowest BCUT2D eigenvalue weighted by atomic mass is 9.96. The number of benzene rings is 3. The Hall–Kier alpha value is -4.21. The molecule has 0 saturated heterocycles. The van der Waals surface area contributed by atoms with Gasteiger partial charge in [-0.15, -0.1) is 0 Å². The molecule has 220 valence electrons. The van der Waals surface area contributed by atoms with Crippen LogP contribution in [0.3, 0.4) is 0 Å². The molecular formula is C34H31BrN2O5S. The average molecular weight is 660 g/mol. The summed E-state index contributed by atoms with van der Waals surface area (Å²) >= 11 is 4.82. The number of aromatic nitrogens is 1. The van der Waals surface area contributed by atoms with Gasteiger partial charge in [-0.1, -0.05) is 81.9 Å². The van der Waals surface area contributed by atoms with Gasteiger partial charge in [0.15, 0.2) is 4.80 Å². The molecule has 4 aromatic rings. The molecular weight excluding hydrogens is 628 g/mol. The first kappa shape index (κ1) is 30.3. The number of ether oxygens (including phenoxy) is 3. The molecule has 1 atom stereocenters. The number of nitrogens with zero attached hydrogens (tertiary/aromatic N) is 2. The fourth-order valence-electron chi connectivity index (χ4n) is 4.76. The van der Waals surface area contributed by atoms with Crippen LogP contribution < -0.4 is 24.4 Å². The highest BCUT2D eigenvalue weighted by molar-refractivity contribution is 9.10. The van der Waals surface area contributed by atoms with Gasteiger partial charge in [0.05, 0.1) is 28.5 Å². The van der Waals surface area contributed by atoms with Crippen molar-refractivity contribution in [2.75, 3.05) is 13.2 Å². The number of halogens is 1. The number of allylic oxidation sites excluding steroid dienone is 1. The van der Waals surface area contributed by atoms with Crippen molar-refractivity contribution in [2.24, 2.45) is 4.99 Å². The highest BCUT2D eigenvalue weighted by Gasteiger charge is 2.33. The summed E-state index contributed by atoms with van der Waals surface area (Å²) < 4.78 is 20.1. The van der Waals surface area contributed by atoms with E-state index in [0.29, 0.717) is 45.3 Å². The number of hydrogen-bond donors (Lipinski definition) is 0. The van der Waals surface area contributed by atoms with Gasteiger partial charge in [-0.05, 0) is 68.3 Å². The average Bonchev–Trinajstić information content (AvgIpc) is 3.30. The Balaban J connectivity index is 1.59. The molecule has 1 aliphatic heterocycles. The van der Waals surface area contributed by atoms with Crippen LogP contribution in [0.5, 0.6) is 11.5 Å². The first-order chi connectivity index (χ1) is 20.8. The van der Waals surface area contributed by atoms with Crippen LogP contribution >= 0.6 is 27.3 Å². The van der Waals surface area contributed by atoms with Crippen molar-refractivity contribution in [1.82, 2.24) is 4.57 Å². The zero-order valence-electron chi connectivity index (χ0n) is 24.1. The third-order valence-corrected chi connectivity index (χ3v) is 8.33. The Labute approximate surface area is 262 Å². The minimum absolute atomic E-state index is 0.204. The number of rotatable bonds is 10. The van der Waals surface area contributed by atoms with Gasteiger partial charge in [-0.3, -0.25) is 9.36 Å². The number of fused-ring (bicyclic) bond motifs is 1. The second-order valence-electron chi connectivity index (χ2n) is 9.93. The maximum atomic E-state index is 14.1. The number of thiazole rings is 1. The second kappa shape index (κ2) is 13.4. The van der Waals surface area contributed by atoms with Crippen LogP contribution in [-0.2, 0) is 16.1 Å². The van der Waals surface area contributed by atoms with Crippen LogP contribution in [0.25, 0.3) is 6.08 Å². The Morgan fingerprint density at radius 1 is 1.07 bits per heavy atom. The molecule has 5 rings (SSSR count). The minimum atomic E-state index is -0.717. The standard InChI is InChI=1S/C34H31BrN2O5S/c1-5-17-41-27-14-11-24(12-15-27)31-30(33(39)40-6-2)22(4)36-34-37(31)32(38)29(43-34)19-25-18-26(35)13-16-28(25)42-20-23-9-7-21(3)8-10-23/h5,7-16,18-19,31H,1,6,17,20H2,2-4H3/b29-19-/t31-/m1/s1. The zero-order chi connectivity index (χ0) is 30.5. The molecule has 9 heteroatoms. The van der Waals surface area contributed by atoms with Crippen molar-refractivity contribution >= 4 is 39.3 Å². The predicted octanol–water partition coefficient (Wildman–Crippen LogP) is 6.01. The highest BCUT2D eigenvalue weighted by Crippen LogP contribution is 2.32. The number of carbonyl (C=O) groups is 1. The summed E-state index contributed by atoms with van der Waals surface area (Å²) in [5.41, 5.74) is 4.27. The van der Waals surface area contributed by atoms with E-state index in [2.05, 4.69) is 27.5 Å². The van der Waals surface area contributed by atoms with E-state index in [9.17, 15) is 9.59 Å². The second-order valence-corrected chi connectivity index (χ2v) is 11.9. The molecule has 1 aromatic heterocycles. The summed E-state index contributed by atoms with van der Waals surface area (Å²) in [6.45, 7) is 10.2. The molecule has 0 fully saturated rings. The fourth-order valence-corrected chi connectivity index (χ4v) is 6.17. The smallest absolute Gasteiger partial charge is 0.338 e. The Morgan fingerprint density at radius 3 is 2.51 bits per heavy atom. The van der Waals surface area contributed by atoms with Crippen molar-refractivity contribution in [2.45, 2.75) is 33.4 Å². The van der Waals surface area contributed by atoms with Crippen molar-refractivity contribution < 1.29 is 19.0 Å². The van der Waals surface area contributed by atoms with Crippen LogP contribution in [0.15, 0.2) is 105 Å². The van der Waals surface area contributed by atoms with Gasteiger partial charge in [-0.2, -0.15) is 0 Å². The van der Waals surface area contributed by atoms with E-state index in [-0.39, 0.29) is 12.2 Å². The van der Waals surface area contributed by atoms with E-state index in [1.165, 1.54) is 16.9 Å². The van der Waals surface area contributed by atoms with E-state index in [0.717, 1.165) is 21.2 Å². The predicted molar refractivity (Wildman–Crippen MR) is 172 cm³/mol. The van der Waals surface area contributed by atoms with Crippen LogP contribution in [0.4, 0.5) is 0 Å². The van der Waals surface area contributed by atoms with Gasteiger partial charge in [-0.25, -0.2) is 9.79 Å². The molecule has 0 unspecified atom stereocenters. The molecule has 0 radical (unpaired) electrons. The van der Waals surface area contributed by atoms with Crippen molar-refractivity contribution in [3.8, 4) is 11.5 Å². The summed E-state index contributed by atoms with van der Waals surface area (Å²) in [7, 11) is 0. The van der Waals surface area contributed by atoms with Gasteiger partial charge in [0.1, 0.15) is 24.7 Å². The van der Waals surface area contributed by atoms with Gasteiger partial charge >= 0.3 is 5.97 Å². The number of esters is 1. The molecule has 0 N–H and O–H groups in total. The van der Waals surface area contributed by atoms with Gasteiger partial charge in [0, 0.05) is 10.0 Å². The van der Waals surface area contributed by atoms with Crippen molar-refractivity contribution in [1.29, 1.82) is 0 Å². The molecule has 0 spiro atoms.